The molecule has 69 valence electrons. The third kappa shape index (κ3) is 7.45. The Balaban J connectivity index is 3.19. The monoisotopic (exact) mass is 169 g/mol. The van der Waals surface area contributed by atoms with Crippen LogP contribution in [0.2, 0.25) is 0 Å². The summed E-state index contributed by atoms with van der Waals surface area (Å²) in [5.41, 5.74) is 0. The van der Waals surface area contributed by atoms with Crippen LogP contribution in [0.4, 0.5) is 0 Å². The molecule has 0 heterocycles. The molecule has 12 heavy (non-hydrogen) atoms. The summed E-state index contributed by atoms with van der Waals surface area (Å²) in [4.78, 5) is 21.5. The molecule has 0 rings (SSSR count). The van der Waals surface area contributed by atoms with Crippen molar-refractivity contribution in [1.82, 2.24) is 0 Å². The molecule has 0 aromatic heterocycles. The minimum Gasteiger partial charge on any atom is -0.300 e. The molecule has 0 saturated carbocycles. The number of unbranched alkanes of at least 4 members (excludes halogenated alkanes) is 1. The molecule has 0 aromatic rings. The highest BCUT2D eigenvalue weighted by molar-refractivity contribution is 5.84. The molecular weight excluding hydrogens is 152 g/mol. The summed E-state index contributed by atoms with van der Waals surface area (Å²) in [6, 6.07) is 0. The lowest BCUT2D eigenvalue weighted by Crippen LogP contribution is -1.98. The zero-order valence-corrected chi connectivity index (χ0v) is 7.93. The second-order valence-electron chi connectivity index (χ2n) is 3.00. The summed E-state index contributed by atoms with van der Waals surface area (Å²) in [6.45, 7) is 3.54. The number of hydrogen-bond acceptors (Lipinski definition) is 2. The molecule has 0 unspecified atom stereocenters. The number of carbonyl (C=O) groups is 2. The molecule has 1 radical (unpaired) electrons. The lowest BCUT2D eigenvalue weighted by molar-refractivity contribution is -0.119. The lowest BCUT2D eigenvalue weighted by atomic mass is 10.1. The highest BCUT2D eigenvalue weighted by Gasteiger charge is 2.00. The van der Waals surface area contributed by atoms with E-state index < -0.39 is 0 Å². The third-order valence-electron chi connectivity index (χ3n) is 1.62. The van der Waals surface area contributed by atoms with Gasteiger partial charge in [-0.25, -0.2) is 0 Å². The van der Waals surface area contributed by atoms with Crippen LogP contribution in [0.5, 0.6) is 0 Å². The summed E-state index contributed by atoms with van der Waals surface area (Å²) in [6.07, 6.45) is 5.43. The van der Waals surface area contributed by atoms with Gasteiger partial charge in [0.1, 0.15) is 11.6 Å². The smallest absolute Gasteiger partial charge is 0.133 e. The molecule has 0 atom stereocenters. The Morgan fingerprint density at radius 2 is 1.92 bits per heavy atom. The van der Waals surface area contributed by atoms with Crippen LogP contribution in [0.25, 0.3) is 0 Å². The van der Waals surface area contributed by atoms with Crippen LogP contribution in [0, 0.1) is 6.42 Å². The van der Waals surface area contributed by atoms with E-state index in [-0.39, 0.29) is 5.78 Å². The highest BCUT2D eigenvalue weighted by Crippen LogP contribution is 2.03. The minimum absolute atomic E-state index is 0.0953. The van der Waals surface area contributed by atoms with Crippen LogP contribution in [0.1, 0.15) is 46.0 Å². The molecular formula is C10H17O2. The number of ketones is 2. The average Bonchev–Trinajstić information content (AvgIpc) is 1.98. The molecule has 0 aliphatic heterocycles. The molecule has 2 nitrogen and oxygen atoms in total. The number of rotatable bonds is 7. The maximum atomic E-state index is 11.0. The van der Waals surface area contributed by atoms with E-state index in [9.17, 15) is 9.59 Å². The summed E-state index contributed by atoms with van der Waals surface area (Å²) in [7, 11) is 0. The van der Waals surface area contributed by atoms with Gasteiger partial charge in [0, 0.05) is 19.3 Å². The van der Waals surface area contributed by atoms with E-state index in [1.54, 1.807) is 6.42 Å². The van der Waals surface area contributed by atoms with Gasteiger partial charge in [-0.1, -0.05) is 6.92 Å². The van der Waals surface area contributed by atoms with Crippen molar-refractivity contribution in [3.63, 3.8) is 0 Å². The molecule has 0 spiro atoms. The van der Waals surface area contributed by atoms with Gasteiger partial charge in [-0.05, 0) is 26.2 Å². The Hall–Kier alpha value is -0.660. The number of Topliss-reactive ketones (excluding diaryl/α,β-unsaturated/α-hetero) is 2. The first-order chi connectivity index (χ1) is 5.66. The Morgan fingerprint density at radius 3 is 2.42 bits per heavy atom. The second kappa shape index (κ2) is 7.01. The van der Waals surface area contributed by atoms with Gasteiger partial charge in [-0.2, -0.15) is 0 Å². The van der Waals surface area contributed by atoms with Crippen molar-refractivity contribution in [1.29, 1.82) is 0 Å². The Bertz CT molecular complexity index is 150. The molecule has 0 fully saturated rings. The van der Waals surface area contributed by atoms with Gasteiger partial charge in [0.25, 0.3) is 0 Å². The van der Waals surface area contributed by atoms with E-state index in [0.717, 1.165) is 19.3 Å². The molecule has 0 N–H and O–H groups in total. The van der Waals surface area contributed by atoms with Crippen LogP contribution in [0.15, 0.2) is 0 Å². The van der Waals surface area contributed by atoms with Gasteiger partial charge in [-0.15, -0.1) is 0 Å². The predicted molar refractivity (Wildman–Crippen MR) is 48.7 cm³/mol. The van der Waals surface area contributed by atoms with E-state index >= 15 is 0 Å². The van der Waals surface area contributed by atoms with Gasteiger partial charge in [0.05, 0.1) is 0 Å². The maximum absolute atomic E-state index is 11.0. The van der Waals surface area contributed by atoms with E-state index in [1.807, 2.05) is 6.92 Å². The fourth-order valence-corrected chi connectivity index (χ4v) is 1.01. The van der Waals surface area contributed by atoms with Crippen molar-refractivity contribution in [3.05, 3.63) is 6.42 Å². The normalized spacial score (nSPS) is 9.83. The van der Waals surface area contributed by atoms with Gasteiger partial charge < -0.3 is 0 Å². The fraction of sp³-hybridized carbons (Fsp3) is 0.700. The van der Waals surface area contributed by atoms with Crippen molar-refractivity contribution in [2.24, 2.45) is 0 Å². The highest BCUT2D eigenvalue weighted by atomic mass is 16.1. The van der Waals surface area contributed by atoms with E-state index in [2.05, 4.69) is 0 Å². The molecule has 0 amide bonds. The van der Waals surface area contributed by atoms with Gasteiger partial charge in [-0.3, -0.25) is 9.59 Å². The second-order valence-corrected chi connectivity index (χ2v) is 3.00. The SMILES string of the molecule is CCCC(=O)CCC[CH]C(C)=O. The number of carbonyl (C=O) groups excluding carboxylic acids is 2. The molecule has 0 aliphatic carbocycles. The van der Waals surface area contributed by atoms with Gasteiger partial charge in [0.15, 0.2) is 0 Å². The molecule has 0 aromatic carbocycles. The average molecular weight is 169 g/mol. The topological polar surface area (TPSA) is 34.1 Å². The quantitative estimate of drug-likeness (QED) is 0.548. The molecule has 0 aliphatic rings. The zero-order chi connectivity index (χ0) is 9.40. The lowest BCUT2D eigenvalue weighted by Gasteiger charge is -1.97. The predicted octanol–water partition coefficient (Wildman–Crippen LogP) is 2.32. The van der Waals surface area contributed by atoms with Crippen LogP contribution >= 0.6 is 0 Å². The van der Waals surface area contributed by atoms with Crippen LogP contribution in [-0.4, -0.2) is 11.6 Å². The van der Waals surface area contributed by atoms with E-state index in [0.29, 0.717) is 18.6 Å². The van der Waals surface area contributed by atoms with Gasteiger partial charge >= 0.3 is 0 Å². The Morgan fingerprint density at radius 1 is 1.25 bits per heavy atom. The molecule has 0 bridgehead atoms. The van der Waals surface area contributed by atoms with Crippen molar-refractivity contribution in [2.75, 3.05) is 0 Å². The Labute approximate surface area is 74.3 Å². The van der Waals surface area contributed by atoms with Crippen LogP contribution < -0.4 is 0 Å². The number of hydrogen-bond donors (Lipinski definition) is 0. The van der Waals surface area contributed by atoms with Crippen LogP contribution in [0.3, 0.4) is 0 Å². The first kappa shape index (κ1) is 11.3. The minimum atomic E-state index is 0.0953. The summed E-state index contributed by atoms with van der Waals surface area (Å²) < 4.78 is 0. The van der Waals surface area contributed by atoms with Crippen molar-refractivity contribution >= 4 is 11.6 Å². The van der Waals surface area contributed by atoms with Crippen molar-refractivity contribution in [3.8, 4) is 0 Å². The largest absolute Gasteiger partial charge is 0.300 e. The first-order valence-corrected chi connectivity index (χ1v) is 4.52. The summed E-state index contributed by atoms with van der Waals surface area (Å²) in [5, 5.41) is 0. The van der Waals surface area contributed by atoms with E-state index in [4.69, 9.17) is 0 Å². The fourth-order valence-electron chi connectivity index (χ4n) is 1.01. The Kier molecular flexibility index (Phi) is 6.63. The summed E-state index contributed by atoms with van der Waals surface area (Å²) >= 11 is 0. The zero-order valence-electron chi connectivity index (χ0n) is 7.93. The summed E-state index contributed by atoms with van der Waals surface area (Å²) in [5.74, 6) is 0.410. The molecule has 0 saturated heterocycles. The van der Waals surface area contributed by atoms with E-state index in [1.165, 1.54) is 6.92 Å². The molecule has 2 heteroatoms. The third-order valence-corrected chi connectivity index (χ3v) is 1.62. The van der Waals surface area contributed by atoms with Crippen LogP contribution in [-0.2, 0) is 9.59 Å². The van der Waals surface area contributed by atoms with Crippen molar-refractivity contribution < 1.29 is 9.59 Å². The standard InChI is InChI=1S/C10H17O2/c1-3-6-10(12)8-5-4-7-9(2)11/h7H,3-6,8H2,1-2H3. The first-order valence-electron chi connectivity index (χ1n) is 4.52. The maximum Gasteiger partial charge on any atom is 0.133 e. The van der Waals surface area contributed by atoms with Gasteiger partial charge in [0.2, 0.25) is 0 Å². The van der Waals surface area contributed by atoms with Crippen molar-refractivity contribution in [2.45, 2.75) is 46.0 Å².